The van der Waals surface area contributed by atoms with Gasteiger partial charge in [0, 0.05) is 11.6 Å². The second-order valence-electron chi connectivity index (χ2n) is 5.96. The molecule has 0 saturated carbocycles. The van der Waals surface area contributed by atoms with E-state index in [2.05, 4.69) is 17.4 Å². The number of hydrogen-bond acceptors (Lipinski definition) is 4. The van der Waals surface area contributed by atoms with Gasteiger partial charge < -0.3 is 20.5 Å². The van der Waals surface area contributed by atoms with Crippen molar-refractivity contribution in [3.63, 3.8) is 0 Å². The number of halogens is 1. The van der Waals surface area contributed by atoms with E-state index in [1.807, 2.05) is 18.2 Å². The lowest BCUT2D eigenvalue weighted by molar-refractivity contribution is -0.117. The normalized spacial score (nSPS) is 10.5. The lowest BCUT2D eigenvalue weighted by Crippen LogP contribution is -2.22. The summed E-state index contributed by atoms with van der Waals surface area (Å²) < 4.78 is 11.1. The van der Waals surface area contributed by atoms with Crippen LogP contribution in [0.5, 0.6) is 11.5 Å². The van der Waals surface area contributed by atoms with Gasteiger partial charge >= 0.3 is 0 Å². The molecule has 0 fully saturated rings. The first kappa shape index (κ1) is 20.1. The molecule has 6 heteroatoms. The number of nitrogens with two attached hydrogens (primary N) is 1. The van der Waals surface area contributed by atoms with Crippen LogP contribution in [0.25, 0.3) is 0 Å². The Hall–Kier alpha value is -2.24. The molecule has 0 spiro atoms. The molecule has 26 heavy (non-hydrogen) atoms. The molecule has 1 amide bonds. The standard InChI is InChI=1S/C20H25ClN2O3/c1-25-19-13-16(14-20(22)24)6-9-18(19)26-12-11-23-10-2-3-15-4-7-17(21)8-5-15/h4-9,13,23H,2-3,10-12,14H2,1H3,(H2,22,24). The molecule has 0 heterocycles. The van der Waals surface area contributed by atoms with Gasteiger partial charge in [-0.15, -0.1) is 0 Å². The summed E-state index contributed by atoms with van der Waals surface area (Å²) in [5.74, 6) is 0.888. The molecule has 3 N–H and O–H groups in total. The number of primary amides is 1. The predicted octanol–water partition coefficient (Wildman–Crippen LogP) is 2.98. The summed E-state index contributed by atoms with van der Waals surface area (Å²) in [4.78, 5) is 11.0. The van der Waals surface area contributed by atoms with Gasteiger partial charge in [-0.25, -0.2) is 0 Å². The van der Waals surface area contributed by atoms with Crippen molar-refractivity contribution in [2.45, 2.75) is 19.3 Å². The summed E-state index contributed by atoms with van der Waals surface area (Å²) in [6.07, 6.45) is 2.25. The molecule has 2 rings (SSSR count). The molecule has 0 unspecified atom stereocenters. The van der Waals surface area contributed by atoms with Gasteiger partial charge in [0.15, 0.2) is 11.5 Å². The van der Waals surface area contributed by atoms with Crippen LogP contribution in [-0.2, 0) is 17.6 Å². The molecule has 0 aliphatic carbocycles. The lowest BCUT2D eigenvalue weighted by atomic mass is 10.1. The highest BCUT2D eigenvalue weighted by Gasteiger charge is 2.07. The van der Waals surface area contributed by atoms with Gasteiger partial charge in [-0.1, -0.05) is 29.8 Å². The maximum atomic E-state index is 11.0. The Morgan fingerprint density at radius 1 is 1.08 bits per heavy atom. The van der Waals surface area contributed by atoms with Crippen molar-refractivity contribution in [2.24, 2.45) is 5.73 Å². The van der Waals surface area contributed by atoms with Crippen molar-refractivity contribution in [3.05, 3.63) is 58.6 Å². The number of nitrogens with one attached hydrogen (secondary N) is 1. The third-order valence-electron chi connectivity index (χ3n) is 3.88. The largest absolute Gasteiger partial charge is 0.493 e. The molecular weight excluding hydrogens is 352 g/mol. The number of hydrogen-bond donors (Lipinski definition) is 2. The zero-order valence-electron chi connectivity index (χ0n) is 15.0. The van der Waals surface area contributed by atoms with Crippen molar-refractivity contribution >= 4 is 17.5 Å². The van der Waals surface area contributed by atoms with Crippen molar-refractivity contribution in [1.29, 1.82) is 0 Å². The second-order valence-corrected chi connectivity index (χ2v) is 6.39. The van der Waals surface area contributed by atoms with Gasteiger partial charge in [0.2, 0.25) is 5.91 Å². The molecule has 0 aliphatic heterocycles. The maximum absolute atomic E-state index is 11.0. The number of methoxy groups -OCH3 is 1. The maximum Gasteiger partial charge on any atom is 0.221 e. The third kappa shape index (κ3) is 6.94. The number of rotatable bonds is 11. The molecule has 2 aromatic carbocycles. The molecular formula is C20H25ClN2O3. The van der Waals surface area contributed by atoms with Gasteiger partial charge in [-0.05, 0) is 54.8 Å². The van der Waals surface area contributed by atoms with Crippen molar-refractivity contribution in [1.82, 2.24) is 5.32 Å². The molecule has 0 saturated heterocycles. The second kappa shape index (κ2) is 10.7. The van der Waals surface area contributed by atoms with Crippen LogP contribution in [0, 0.1) is 0 Å². The Morgan fingerprint density at radius 3 is 2.50 bits per heavy atom. The van der Waals surface area contributed by atoms with E-state index in [1.54, 1.807) is 19.2 Å². The van der Waals surface area contributed by atoms with Crippen LogP contribution in [0.3, 0.4) is 0 Å². The fraction of sp³-hybridized carbons (Fsp3) is 0.350. The average molecular weight is 377 g/mol. The topological polar surface area (TPSA) is 73.6 Å². The molecule has 140 valence electrons. The van der Waals surface area contributed by atoms with Crippen molar-refractivity contribution < 1.29 is 14.3 Å². The van der Waals surface area contributed by atoms with E-state index in [-0.39, 0.29) is 12.3 Å². The Labute approximate surface area is 159 Å². The number of carbonyl (C=O) groups is 1. The number of carbonyl (C=O) groups excluding carboxylic acids is 1. The summed E-state index contributed by atoms with van der Waals surface area (Å²) in [6.45, 7) is 2.19. The van der Waals surface area contributed by atoms with E-state index in [1.165, 1.54) is 5.56 Å². The van der Waals surface area contributed by atoms with Crippen LogP contribution in [0.2, 0.25) is 5.02 Å². The highest BCUT2D eigenvalue weighted by molar-refractivity contribution is 6.30. The minimum absolute atomic E-state index is 0.186. The number of ether oxygens (including phenoxy) is 2. The van der Waals surface area contributed by atoms with Gasteiger partial charge in [-0.3, -0.25) is 4.79 Å². The van der Waals surface area contributed by atoms with E-state index in [9.17, 15) is 4.79 Å². The summed E-state index contributed by atoms with van der Waals surface area (Å²) in [5.41, 5.74) is 7.30. The van der Waals surface area contributed by atoms with Crippen LogP contribution in [0.15, 0.2) is 42.5 Å². The van der Waals surface area contributed by atoms with Gasteiger partial charge in [0.25, 0.3) is 0 Å². The first-order valence-corrected chi connectivity index (χ1v) is 8.99. The fourth-order valence-electron chi connectivity index (χ4n) is 2.57. The lowest BCUT2D eigenvalue weighted by Gasteiger charge is -2.12. The van der Waals surface area contributed by atoms with Crippen LogP contribution in [0.4, 0.5) is 0 Å². The SMILES string of the molecule is COc1cc(CC(N)=O)ccc1OCCNCCCc1ccc(Cl)cc1. The summed E-state index contributed by atoms with van der Waals surface area (Å²) in [5, 5.41) is 4.13. The Balaban J connectivity index is 1.66. The zero-order valence-corrected chi connectivity index (χ0v) is 15.7. The molecule has 5 nitrogen and oxygen atoms in total. The van der Waals surface area contributed by atoms with Crippen LogP contribution in [0.1, 0.15) is 17.5 Å². The van der Waals surface area contributed by atoms with Crippen LogP contribution in [-0.4, -0.2) is 32.7 Å². The minimum Gasteiger partial charge on any atom is -0.493 e. The Morgan fingerprint density at radius 2 is 1.81 bits per heavy atom. The minimum atomic E-state index is -0.372. The summed E-state index contributed by atoms with van der Waals surface area (Å²) in [6, 6.07) is 13.3. The van der Waals surface area contributed by atoms with Gasteiger partial charge in [0.1, 0.15) is 6.61 Å². The van der Waals surface area contributed by atoms with E-state index in [4.69, 9.17) is 26.8 Å². The first-order valence-electron chi connectivity index (χ1n) is 8.61. The summed E-state index contributed by atoms with van der Waals surface area (Å²) in [7, 11) is 1.57. The number of aryl methyl sites for hydroxylation is 1. The fourth-order valence-corrected chi connectivity index (χ4v) is 2.70. The highest BCUT2D eigenvalue weighted by Crippen LogP contribution is 2.28. The molecule has 0 radical (unpaired) electrons. The smallest absolute Gasteiger partial charge is 0.221 e. The molecule has 0 aromatic heterocycles. The molecule has 0 bridgehead atoms. The van der Waals surface area contributed by atoms with Crippen LogP contribution < -0.4 is 20.5 Å². The Kier molecular flexibility index (Phi) is 8.25. The third-order valence-corrected chi connectivity index (χ3v) is 4.13. The quantitative estimate of drug-likeness (QED) is 0.591. The van der Waals surface area contributed by atoms with Crippen LogP contribution >= 0.6 is 11.6 Å². The van der Waals surface area contributed by atoms with E-state index >= 15 is 0 Å². The first-order chi connectivity index (χ1) is 12.6. The van der Waals surface area contributed by atoms with Crippen molar-refractivity contribution in [3.8, 4) is 11.5 Å². The zero-order chi connectivity index (χ0) is 18.8. The van der Waals surface area contributed by atoms with E-state index in [0.717, 1.165) is 36.5 Å². The van der Waals surface area contributed by atoms with Gasteiger partial charge in [0.05, 0.1) is 13.5 Å². The number of amides is 1. The highest BCUT2D eigenvalue weighted by atomic mass is 35.5. The summed E-state index contributed by atoms with van der Waals surface area (Å²) >= 11 is 5.88. The van der Waals surface area contributed by atoms with E-state index < -0.39 is 0 Å². The molecule has 0 atom stereocenters. The predicted molar refractivity (Wildman–Crippen MR) is 104 cm³/mol. The van der Waals surface area contributed by atoms with E-state index in [0.29, 0.717) is 18.1 Å². The number of benzene rings is 2. The monoisotopic (exact) mass is 376 g/mol. The van der Waals surface area contributed by atoms with Gasteiger partial charge in [-0.2, -0.15) is 0 Å². The average Bonchev–Trinajstić information content (AvgIpc) is 2.62. The molecule has 2 aromatic rings. The molecule has 0 aliphatic rings. The Bertz CT molecular complexity index is 705. The van der Waals surface area contributed by atoms with Crippen molar-refractivity contribution in [2.75, 3.05) is 26.8 Å².